The molecule has 23 heavy (non-hydrogen) atoms. The van der Waals surface area contributed by atoms with Gasteiger partial charge in [0.15, 0.2) is 0 Å². The van der Waals surface area contributed by atoms with Crippen molar-refractivity contribution in [1.29, 1.82) is 0 Å². The van der Waals surface area contributed by atoms with Crippen molar-refractivity contribution >= 4 is 11.6 Å². The minimum Gasteiger partial charge on any atom is -0.355 e. The predicted molar refractivity (Wildman–Crippen MR) is 85.9 cm³/mol. The molecule has 0 bridgehead atoms. The Labute approximate surface area is 134 Å². The Morgan fingerprint density at radius 2 is 2.22 bits per heavy atom. The molecule has 7 nitrogen and oxygen atoms in total. The number of amides is 1. The van der Waals surface area contributed by atoms with Crippen LogP contribution in [-0.4, -0.2) is 27.2 Å². The van der Waals surface area contributed by atoms with Gasteiger partial charge >= 0.3 is 0 Å². The first kappa shape index (κ1) is 16.7. The highest BCUT2D eigenvalue weighted by Crippen LogP contribution is 2.21. The molecule has 1 heterocycles. The number of nitro benzene ring substituents is 1. The van der Waals surface area contributed by atoms with E-state index in [2.05, 4.69) is 10.4 Å². The third-order valence-corrected chi connectivity index (χ3v) is 3.67. The van der Waals surface area contributed by atoms with Crippen LogP contribution in [0, 0.1) is 23.0 Å². The number of hydrogen-bond acceptors (Lipinski definition) is 4. The molecular formula is C16H20N4O3. The van der Waals surface area contributed by atoms with Gasteiger partial charge in [-0.05, 0) is 24.5 Å². The lowest BCUT2D eigenvalue weighted by molar-refractivity contribution is -0.385. The van der Waals surface area contributed by atoms with Gasteiger partial charge in [0.25, 0.3) is 5.69 Å². The molecule has 0 aliphatic heterocycles. The highest BCUT2D eigenvalue weighted by atomic mass is 16.6. The second-order valence-electron chi connectivity index (χ2n) is 5.63. The van der Waals surface area contributed by atoms with Crippen LogP contribution in [0.5, 0.6) is 0 Å². The summed E-state index contributed by atoms with van der Waals surface area (Å²) < 4.78 is 1.82. The van der Waals surface area contributed by atoms with Gasteiger partial charge < -0.3 is 5.32 Å². The molecule has 0 saturated carbocycles. The maximum absolute atomic E-state index is 12.0. The number of hydrogen-bond donors (Lipinski definition) is 1. The number of aromatic nitrogens is 2. The molecule has 0 aliphatic rings. The average molecular weight is 316 g/mol. The third kappa shape index (κ3) is 4.64. The molecule has 0 saturated heterocycles. The highest BCUT2D eigenvalue weighted by molar-refractivity contribution is 5.79. The largest absolute Gasteiger partial charge is 0.355 e. The van der Waals surface area contributed by atoms with Gasteiger partial charge in [0.1, 0.15) is 0 Å². The number of nitrogens with zero attached hydrogens (tertiary/aromatic N) is 3. The first-order valence-corrected chi connectivity index (χ1v) is 7.44. The molecule has 0 radical (unpaired) electrons. The number of benzene rings is 1. The molecule has 1 atom stereocenters. The van der Waals surface area contributed by atoms with E-state index in [1.54, 1.807) is 25.3 Å². The molecule has 1 amide bonds. The molecule has 7 heteroatoms. The number of carbonyl (C=O) groups is 1. The minimum atomic E-state index is -0.428. The molecule has 2 aromatic rings. The fourth-order valence-corrected chi connectivity index (χ4v) is 2.38. The summed E-state index contributed by atoms with van der Waals surface area (Å²) in [7, 11) is 0. The standard InChI is InChI=1S/C16H20N4O3/c1-12(11-19-8-4-7-18-19)10-17-16(21)9-14-5-3-6-15(13(14)2)20(22)23/h3-8,12H,9-11H2,1-2H3,(H,17,21). The molecular weight excluding hydrogens is 296 g/mol. The van der Waals surface area contributed by atoms with E-state index in [-0.39, 0.29) is 23.9 Å². The second kappa shape index (κ2) is 7.53. The molecule has 0 fully saturated rings. The summed E-state index contributed by atoms with van der Waals surface area (Å²) in [5.74, 6) is 0.103. The summed E-state index contributed by atoms with van der Waals surface area (Å²) >= 11 is 0. The van der Waals surface area contributed by atoms with Crippen molar-refractivity contribution in [1.82, 2.24) is 15.1 Å². The van der Waals surface area contributed by atoms with Crippen LogP contribution in [0.15, 0.2) is 36.7 Å². The first-order chi connectivity index (χ1) is 11.0. The summed E-state index contributed by atoms with van der Waals surface area (Å²) in [6.07, 6.45) is 3.74. The lowest BCUT2D eigenvalue weighted by atomic mass is 10.0. The summed E-state index contributed by atoms with van der Waals surface area (Å²) in [6.45, 7) is 4.96. The molecule has 122 valence electrons. The van der Waals surface area contributed by atoms with Gasteiger partial charge in [0.05, 0.1) is 11.3 Å². The fraction of sp³-hybridized carbons (Fsp3) is 0.375. The molecule has 0 spiro atoms. The van der Waals surface area contributed by atoms with Crippen LogP contribution in [0.25, 0.3) is 0 Å². The van der Waals surface area contributed by atoms with Crippen molar-refractivity contribution in [2.45, 2.75) is 26.8 Å². The van der Waals surface area contributed by atoms with Crippen LogP contribution in [-0.2, 0) is 17.8 Å². The van der Waals surface area contributed by atoms with Crippen molar-refractivity contribution in [3.05, 3.63) is 57.9 Å². The highest BCUT2D eigenvalue weighted by Gasteiger charge is 2.15. The Kier molecular flexibility index (Phi) is 5.46. The minimum absolute atomic E-state index is 0.0438. The lowest BCUT2D eigenvalue weighted by Gasteiger charge is -2.13. The summed E-state index contributed by atoms with van der Waals surface area (Å²) in [6, 6.07) is 6.66. The van der Waals surface area contributed by atoms with Gasteiger partial charge in [-0.25, -0.2) is 0 Å². The number of nitro groups is 1. The van der Waals surface area contributed by atoms with Crippen LogP contribution < -0.4 is 5.32 Å². The van der Waals surface area contributed by atoms with Gasteiger partial charge in [0.2, 0.25) is 5.91 Å². The molecule has 1 aromatic carbocycles. The van der Waals surface area contributed by atoms with E-state index in [1.165, 1.54) is 6.07 Å². The maximum Gasteiger partial charge on any atom is 0.272 e. The van der Waals surface area contributed by atoms with E-state index in [1.807, 2.05) is 23.9 Å². The quantitative estimate of drug-likeness (QED) is 0.625. The van der Waals surface area contributed by atoms with Crippen molar-refractivity contribution in [2.24, 2.45) is 5.92 Å². The molecule has 2 rings (SSSR count). The van der Waals surface area contributed by atoms with Crippen LogP contribution in [0.1, 0.15) is 18.1 Å². The Morgan fingerprint density at radius 1 is 1.43 bits per heavy atom. The zero-order valence-electron chi connectivity index (χ0n) is 13.2. The Hall–Kier alpha value is -2.70. The monoisotopic (exact) mass is 316 g/mol. The summed E-state index contributed by atoms with van der Waals surface area (Å²) in [5, 5.41) is 17.9. The van der Waals surface area contributed by atoms with Crippen LogP contribution in [0.3, 0.4) is 0 Å². The Bertz CT molecular complexity index is 683. The summed E-state index contributed by atoms with van der Waals surface area (Å²) in [5.41, 5.74) is 1.26. The van der Waals surface area contributed by atoms with Gasteiger partial charge in [-0.15, -0.1) is 0 Å². The third-order valence-electron chi connectivity index (χ3n) is 3.67. The Morgan fingerprint density at radius 3 is 2.87 bits per heavy atom. The van der Waals surface area contributed by atoms with Crippen LogP contribution >= 0.6 is 0 Å². The zero-order valence-corrected chi connectivity index (χ0v) is 13.2. The molecule has 0 aliphatic carbocycles. The maximum atomic E-state index is 12.0. The molecule has 1 aromatic heterocycles. The van der Waals surface area contributed by atoms with E-state index in [0.29, 0.717) is 17.7 Å². The van der Waals surface area contributed by atoms with E-state index in [0.717, 1.165) is 6.54 Å². The smallest absolute Gasteiger partial charge is 0.272 e. The fourth-order valence-electron chi connectivity index (χ4n) is 2.38. The van der Waals surface area contributed by atoms with Gasteiger partial charge in [-0.2, -0.15) is 5.10 Å². The van der Waals surface area contributed by atoms with Gasteiger partial charge in [0, 0.05) is 37.1 Å². The van der Waals surface area contributed by atoms with E-state index in [4.69, 9.17) is 0 Å². The molecule has 1 unspecified atom stereocenters. The predicted octanol–water partition coefficient (Wildman–Crippen LogP) is 2.09. The number of carbonyl (C=O) groups excluding carboxylic acids is 1. The van der Waals surface area contributed by atoms with E-state index < -0.39 is 4.92 Å². The average Bonchev–Trinajstić information content (AvgIpc) is 3.00. The first-order valence-electron chi connectivity index (χ1n) is 7.44. The number of rotatable bonds is 7. The SMILES string of the molecule is Cc1c(CC(=O)NCC(C)Cn2cccn2)cccc1[N+](=O)[O-]. The van der Waals surface area contributed by atoms with E-state index in [9.17, 15) is 14.9 Å². The lowest BCUT2D eigenvalue weighted by Crippen LogP contribution is -2.31. The van der Waals surface area contributed by atoms with Crippen molar-refractivity contribution in [3.8, 4) is 0 Å². The van der Waals surface area contributed by atoms with Crippen molar-refractivity contribution < 1.29 is 9.72 Å². The second-order valence-corrected chi connectivity index (χ2v) is 5.63. The zero-order chi connectivity index (χ0) is 16.8. The normalized spacial score (nSPS) is 11.9. The van der Waals surface area contributed by atoms with Gasteiger partial charge in [-0.3, -0.25) is 19.6 Å². The Balaban J connectivity index is 1.87. The topological polar surface area (TPSA) is 90.1 Å². The van der Waals surface area contributed by atoms with Crippen LogP contribution in [0.4, 0.5) is 5.69 Å². The number of nitrogens with one attached hydrogen (secondary N) is 1. The van der Waals surface area contributed by atoms with E-state index >= 15 is 0 Å². The molecule has 1 N–H and O–H groups in total. The van der Waals surface area contributed by atoms with Crippen molar-refractivity contribution in [2.75, 3.05) is 6.54 Å². The van der Waals surface area contributed by atoms with Crippen molar-refractivity contribution in [3.63, 3.8) is 0 Å². The van der Waals surface area contributed by atoms with Gasteiger partial charge in [-0.1, -0.05) is 19.1 Å². The van der Waals surface area contributed by atoms with Crippen LogP contribution in [0.2, 0.25) is 0 Å². The summed E-state index contributed by atoms with van der Waals surface area (Å²) in [4.78, 5) is 22.5.